The van der Waals surface area contributed by atoms with E-state index in [1.807, 2.05) is 26.8 Å². The van der Waals surface area contributed by atoms with Crippen molar-refractivity contribution in [3.63, 3.8) is 0 Å². The molecule has 31 heavy (non-hydrogen) atoms. The van der Waals surface area contributed by atoms with Crippen molar-refractivity contribution in [3.05, 3.63) is 40.6 Å². The lowest BCUT2D eigenvalue weighted by Crippen LogP contribution is -2.23. The van der Waals surface area contributed by atoms with Crippen LogP contribution in [0, 0.1) is 6.92 Å². The van der Waals surface area contributed by atoms with Crippen LogP contribution in [0.25, 0.3) is 0 Å². The van der Waals surface area contributed by atoms with Crippen LogP contribution in [0.3, 0.4) is 0 Å². The Hall–Kier alpha value is -3.29. The molecule has 8 heteroatoms. The number of nitrogens with one attached hydrogen (secondary N) is 1. The Balaban J connectivity index is 2.24. The van der Waals surface area contributed by atoms with Crippen molar-refractivity contribution in [3.8, 4) is 11.5 Å². The van der Waals surface area contributed by atoms with Gasteiger partial charge in [-0.15, -0.1) is 0 Å². The molecule has 0 saturated carbocycles. The second-order valence-electron chi connectivity index (χ2n) is 7.96. The van der Waals surface area contributed by atoms with E-state index in [0.29, 0.717) is 11.5 Å². The number of ketones is 1. The molecule has 0 aliphatic rings. The van der Waals surface area contributed by atoms with Crippen molar-refractivity contribution in [1.82, 2.24) is 0 Å². The number of Topliss-reactive ketones (excluding diaryl/α,β-unsaturated/α-hetero) is 1. The fourth-order valence-electron chi connectivity index (χ4n) is 3.11. The van der Waals surface area contributed by atoms with Gasteiger partial charge >= 0.3 is 5.97 Å². The largest absolute Gasteiger partial charge is 0.497 e. The normalized spacial score (nSPS) is 11.1. The van der Waals surface area contributed by atoms with Crippen molar-refractivity contribution in [2.45, 2.75) is 47.0 Å². The van der Waals surface area contributed by atoms with Crippen LogP contribution in [-0.4, -0.2) is 38.0 Å². The molecule has 0 bridgehead atoms. The number of benzene rings is 1. The summed E-state index contributed by atoms with van der Waals surface area (Å²) in [6, 6.07) is 5.35. The van der Waals surface area contributed by atoms with E-state index >= 15 is 0 Å². The number of anilines is 1. The lowest BCUT2D eigenvalue weighted by atomic mass is 9.86. The third kappa shape index (κ3) is 5.65. The molecule has 0 saturated heterocycles. The zero-order valence-electron chi connectivity index (χ0n) is 19.0. The van der Waals surface area contributed by atoms with Gasteiger partial charge in [-0.05, 0) is 44.4 Å². The lowest BCUT2D eigenvalue weighted by molar-refractivity contribution is -0.118. The number of esters is 1. The zero-order valence-corrected chi connectivity index (χ0v) is 19.0. The standard InChI is InChI=1S/C23H29NO7/c1-8-29-22(27)20-19(13(2)25)14(3)31-21(20)24-18(26)12-30-17-10-9-15(28-7)11-16(17)23(4,5)6/h9-11H,8,12H2,1-7H3,(H,24,26). The number of ether oxygens (including phenoxy) is 3. The second kappa shape index (κ2) is 9.68. The first-order chi connectivity index (χ1) is 14.5. The molecule has 0 radical (unpaired) electrons. The van der Waals surface area contributed by atoms with Gasteiger partial charge in [-0.3, -0.25) is 14.9 Å². The van der Waals surface area contributed by atoms with Crippen LogP contribution >= 0.6 is 0 Å². The maximum Gasteiger partial charge on any atom is 0.344 e. The number of carbonyl (C=O) groups excluding carboxylic acids is 3. The molecule has 8 nitrogen and oxygen atoms in total. The van der Waals surface area contributed by atoms with Gasteiger partial charge in [0.05, 0.1) is 19.3 Å². The topological polar surface area (TPSA) is 104 Å². The molecule has 1 aromatic carbocycles. The molecule has 1 heterocycles. The molecule has 2 rings (SSSR count). The number of amides is 1. The van der Waals surface area contributed by atoms with E-state index in [1.54, 1.807) is 33.1 Å². The maximum absolute atomic E-state index is 12.5. The van der Waals surface area contributed by atoms with E-state index < -0.39 is 11.9 Å². The van der Waals surface area contributed by atoms with Gasteiger partial charge in [0.25, 0.3) is 5.91 Å². The Morgan fingerprint density at radius 1 is 1.13 bits per heavy atom. The van der Waals surface area contributed by atoms with Gasteiger partial charge in [-0.2, -0.15) is 0 Å². The quantitative estimate of drug-likeness (QED) is 0.491. The minimum Gasteiger partial charge on any atom is -0.497 e. The van der Waals surface area contributed by atoms with Crippen LogP contribution < -0.4 is 14.8 Å². The van der Waals surface area contributed by atoms with Gasteiger partial charge in [0.15, 0.2) is 12.4 Å². The zero-order chi connectivity index (χ0) is 23.3. The first kappa shape index (κ1) is 24.0. The monoisotopic (exact) mass is 431 g/mol. The van der Waals surface area contributed by atoms with E-state index in [1.165, 1.54) is 6.92 Å². The van der Waals surface area contributed by atoms with Crippen LogP contribution in [0.15, 0.2) is 22.6 Å². The average molecular weight is 431 g/mol. The summed E-state index contributed by atoms with van der Waals surface area (Å²) in [6.45, 7) is 10.4. The predicted octanol–water partition coefficient (Wildman–Crippen LogP) is 4.29. The molecule has 2 aromatic rings. The van der Waals surface area contributed by atoms with Crippen LogP contribution in [0.4, 0.5) is 5.88 Å². The Labute approximate surface area is 181 Å². The highest BCUT2D eigenvalue weighted by Gasteiger charge is 2.29. The second-order valence-corrected chi connectivity index (χ2v) is 7.96. The molecular formula is C23H29NO7. The molecule has 1 aromatic heterocycles. The van der Waals surface area contributed by atoms with Gasteiger partial charge < -0.3 is 18.6 Å². The van der Waals surface area contributed by atoms with Crippen LogP contribution in [0.5, 0.6) is 11.5 Å². The molecule has 0 unspecified atom stereocenters. The van der Waals surface area contributed by atoms with Crippen LogP contribution in [0.1, 0.15) is 66.7 Å². The van der Waals surface area contributed by atoms with Gasteiger partial charge in [-0.1, -0.05) is 20.8 Å². The van der Waals surface area contributed by atoms with Gasteiger partial charge in [0.2, 0.25) is 5.88 Å². The molecule has 0 aliphatic carbocycles. The highest BCUT2D eigenvalue weighted by molar-refractivity contribution is 6.10. The first-order valence-electron chi connectivity index (χ1n) is 9.92. The summed E-state index contributed by atoms with van der Waals surface area (Å²) < 4.78 is 21.5. The fraction of sp³-hybridized carbons (Fsp3) is 0.435. The average Bonchev–Trinajstić information content (AvgIpc) is 3.01. The number of furan rings is 1. The Morgan fingerprint density at radius 3 is 2.35 bits per heavy atom. The number of aryl methyl sites for hydroxylation is 1. The summed E-state index contributed by atoms with van der Waals surface area (Å²) in [5.74, 6) is -0.361. The van der Waals surface area contributed by atoms with Crippen molar-refractivity contribution >= 4 is 23.5 Å². The lowest BCUT2D eigenvalue weighted by Gasteiger charge is -2.23. The number of rotatable bonds is 8. The molecular weight excluding hydrogens is 402 g/mol. The van der Waals surface area contributed by atoms with Gasteiger partial charge in [0, 0.05) is 5.56 Å². The number of carbonyl (C=O) groups is 3. The molecule has 0 fully saturated rings. The summed E-state index contributed by atoms with van der Waals surface area (Å²) in [5.41, 5.74) is 0.616. The van der Waals surface area contributed by atoms with Crippen LogP contribution in [0.2, 0.25) is 0 Å². The van der Waals surface area contributed by atoms with Crippen LogP contribution in [-0.2, 0) is 14.9 Å². The molecule has 0 aliphatic heterocycles. The minimum absolute atomic E-state index is 0.0832. The number of hydrogen-bond acceptors (Lipinski definition) is 7. The third-order valence-electron chi connectivity index (χ3n) is 4.52. The predicted molar refractivity (Wildman–Crippen MR) is 115 cm³/mol. The van der Waals surface area contributed by atoms with Crippen molar-refractivity contribution < 1.29 is 33.0 Å². The molecule has 0 spiro atoms. The summed E-state index contributed by atoms with van der Waals surface area (Å²) in [4.78, 5) is 36.9. The summed E-state index contributed by atoms with van der Waals surface area (Å²) in [5, 5.41) is 2.51. The van der Waals surface area contributed by atoms with E-state index in [9.17, 15) is 14.4 Å². The molecule has 1 amide bonds. The molecule has 168 valence electrons. The van der Waals surface area contributed by atoms with Crippen molar-refractivity contribution in [2.75, 3.05) is 25.6 Å². The SMILES string of the molecule is CCOC(=O)c1c(NC(=O)COc2ccc(OC)cc2C(C)(C)C)oc(C)c1C(C)=O. The van der Waals surface area contributed by atoms with E-state index in [-0.39, 0.29) is 47.2 Å². The van der Waals surface area contributed by atoms with Gasteiger partial charge in [-0.25, -0.2) is 4.79 Å². The van der Waals surface area contributed by atoms with E-state index in [4.69, 9.17) is 18.6 Å². The maximum atomic E-state index is 12.5. The first-order valence-corrected chi connectivity index (χ1v) is 9.92. The number of methoxy groups -OCH3 is 1. The van der Waals surface area contributed by atoms with E-state index in [0.717, 1.165) is 5.56 Å². The Bertz CT molecular complexity index is 983. The Kier molecular flexibility index (Phi) is 7.49. The smallest absolute Gasteiger partial charge is 0.344 e. The van der Waals surface area contributed by atoms with Crippen molar-refractivity contribution in [1.29, 1.82) is 0 Å². The minimum atomic E-state index is -0.744. The third-order valence-corrected chi connectivity index (χ3v) is 4.52. The highest BCUT2D eigenvalue weighted by Crippen LogP contribution is 2.34. The Morgan fingerprint density at radius 2 is 1.81 bits per heavy atom. The molecule has 0 atom stereocenters. The number of hydrogen-bond donors (Lipinski definition) is 1. The molecule has 1 N–H and O–H groups in total. The summed E-state index contributed by atoms with van der Waals surface area (Å²) in [7, 11) is 1.58. The summed E-state index contributed by atoms with van der Waals surface area (Å²) >= 11 is 0. The highest BCUT2D eigenvalue weighted by atomic mass is 16.5. The van der Waals surface area contributed by atoms with Crippen molar-refractivity contribution in [2.24, 2.45) is 0 Å². The van der Waals surface area contributed by atoms with E-state index in [2.05, 4.69) is 5.32 Å². The summed E-state index contributed by atoms with van der Waals surface area (Å²) in [6.07, 6.45) is 0. The fourth-order valence-corrected chi connectivity index (χ4v) is 3.11. The van der Waals surface area contributed by atoms with Gasteiger partial charge in [0.1, 0.15) is 22.8 Å².